The molecule has 0 atom stereocenters. The zero-order valence-electron chi connectivity index (χ0n) is 19.4. The van der Waals surface area contributed by atoms with Gasteiger partial charge in [0, 0.05) is 7.05 Å². The van der Waals surface area contributed by atoms with Crippen molar-refractivity contribution in [2.45, 2.75) is 20.0 Å². The van der Waals surface area contributed by atoms with Crippen LogP contribution < -0.4 is 4.74 Å². The third-order valence-electron chi connectivity index (χ3n) is 5.85. The molecule has 1 aliphatic rings. The molecule has 8 heteroatoms. The Balaban J connectivity index is 1.39. The minimum absolute atomic E-state index is 0.0701. The highest BCUT2D eigenvalue weighted by molar-refractivity contribution is 7.18. The van der Waals surface area contributed by atoms with E-state index in [4.69, 9.17) is 4.74 Å². The van der Waals surface area contributed by atoms with Crippen LogP contribution in [0.25, 0.3) is 10.2 Å². The highest BCUT2D eigenvalue weighted by Crippen LogP contribution is 2.28. The van der Waals surface area contributed by atoms with Gasteiger partial charge in [-0.15, -0.1) is 11.3 Å². The highest BCUT2D eigenvalue weighted by Gasteiger charge is 2.35. The van der Waals surface area contributed by atoms with Gasteiger partial charge in [-0.05, 0) is 48.9 Å². The molecule has 0 radical (unpaired) electrons. The van der Waals surface area contributed by atoms with E-state index in [-0.39, 0.29) is 24.3 Å². The molecule has 1 aromatic heterocycles. The molecule has 4 aromatic rings. The van der Waals surface area contributed by atoms with Crippen molar-refractivity contribution in [3.63, 3.8) is 0 Å². The second-order valence-corrected chi connectivity index (χ2v) is 9.36. The monoisotopic (exact) mass is 485 g/mol. The maximum atomic E-state index is 13.4. The van der Waals surface area contributed by atoms with Gasteiger partial charge in [-0.1, -0.05) is 30.3 Å². The summed E-state index contributed by atoms with van der Waals surface area (Å²) in [7, 11) is 1.72. The van der Waals surface area contributed by atoms with E-state index >= 15 is 0 Å². The van der Waals surface area contributed by atoms with Gasteiger partial charge in [-0.2, -0.15) is 0 Å². The van der Waals surface area contributed by atoms with Crippen LogP contribution in [0.2, 0.25) is 0 Å². The number of carbonyl (C=O) groups is 3. The molecule has 0 N–H and O–H groups in total. The lowest BCUT2D eigenvalue weighted by molar-refractivity contribution is 0.0642. The van der Waals surface area contributed by atoms with Crippen LogP contribution in [0.1, 0.15) is 48.6 Å². The summed E-state index contributed by atoms with van der Waals surface area (Å²) >= 11 is 1.55. The summed E-state index contributed by atoms with van der Waals surface area (Å²) in [5, 5.41) is 0.835. The Labute approximate surface area is 206 Å². The summed E-state index contributed by atoms with van der Waals surface area (Å²) in [5.41, 5.74) is 2.75. The number of amides is 3. The minimum Gasteiger partial charge on any atom is -0.493 e. The lowest BCUT2D eigenvalue weighted by atomic mass is 10.1. The number of benzene rings is 3. The molecule has 0 fully saturated rings. The van der Waals surface area contributed by atoms with Crippen LogP contribution in [0.15, 0.2) is 66.7 Å². The number of rotatable bonds is 7. The second-order valence-electron chi connectivity index (χ2n) is 8.24. The first-order chi connectivity index (χ1) is 17.0. The summed E-state index contributed by atoms with van der Waals surface area (Å²) < 4.78 is 6.79. The van der Waals surface area contributed by atoms with Crippen LogP contribution in [0.3, 0.4) is 0 Å². The first kappa shape index (κ1) is 22.7. The number of hydrogen-bond donors (Lipinski definition) is 0. The molecule has 5 rings (SSSR count). The van der Waals surface area contributed by atoms with Crippen LogP contribution in [0.4, 0.5) is 0 Å². The summed E-state index contributed by atoms with van der Waals surface area (Å²) in [5.74, 6) is -0.433. The van der Waals surface area contributed by atoms with E-state index < -0.39 is 0 Å². The van der Waals surface area contributed by atoms with Crippen molar-refractivity contribution in [3.05, 3.63) is 94.0 Å². The Morgan fingerprint density at radius 3 is 2.37 bits per heavy atom. The number of nitrogens with zero attached hydrogens (tertiary/aromatic N) is 3. The third-order valence-corrected chi connectivity index (χ3v) is 6.87. The molecule has 35 heavy (non-hydrogen) atoms. The summed E-state index contributed by atoms with van der Waals surface area (Å²) in [6.45, 7) is 2.68. The van der Waals surface area contributed by atoms with Gasteiger partial charge < -0.3 is 9.64 Å². The molecule has 0 saturated heterocycles. The first-order valence-corrected chi connectivity index (χ1v) is 12.1. The fraction of sp³-hybridized carbons (Fsp3) is 0.185. The van der Waals surface area contributed by atoms with Crippen LogP contribution >= 0.6 is 11.3 Å². The fourth-order valence-electron chi connectivity index (χ4n) is 4.16. The average molecular weight is 486 g/mol. The topological polar surface area (TPSA) is 79.8 Å². The number of thiazole rings is 1. The van der Waals surface area contributed by atoms with E-state index in [0.29, 0.717) is 41.2 Å². The average Bonchev–Trinajstić information content (AvgIpc) is 3.38. The third kappa shape index (κ3) is 4.28. The van der Waals surface area contributed by atoms with Gasteiger partial charge in [-0.25, -0.2) is 4.98 Å². The lowest BCUT2D eigenvalue weighted by Crippen LogP contribution is -2.30. The SMILES string of the molecule is CCOc1ccc(CN2C(=O)c3ccccc3C2=O)cc1C(=O)N(C)Cc1nc2ccccc2s1. The van der Waals surface area contributed by atoms with Crippen LogP contribution in [-0.4, -0.2) is 46.2 Å². The van der Waals surface area contributed by atoms with E-state index in [1.807, 2.05) is 31.2 Å². The van der Waals surface area contributed by atoms with Crippen molar-refractivity contribution in [1.29, 1.82) is 0 Å². The van der Waals surface area contributed by atoms with E-state index in [2.05, 4.69) is 4.98 Å². The largest absolute Gasteiger partial charge is 0.493 e. The molecule has 1 aliphatic heterocycles. The number of imide groups is 1. The molecule has 3 amide bonds. The second kappa shape index (κ2) is 9.31. The fourth-order valence-corrected chi connectivity index (χ4v) is 5.18. The molecular formula is C27H23N3O4S. The smallest absolute Gasteiger partial charge is 0.261 e. The molecule has 0 unspecified atom stereocenters. The van der Waals surface area contributed by atoms with Crippen molar-refractivity contribution in [1.82, 2.24) is 14.8 Å². The minimum atomic E-state index is -0.333. The Kier molecular flexibility index (Phi) is 6.05. The first-order valence-electron chi connectivity index (χ1n) is 11.3. The Morgan fingerprint density at radius 2 is 1.69 bits per heavy atom. The van der Waals surface area contributed by atoms with E-state index in [9.17, 15) is 14.4 Å². The molecule has 3 aromatic carbocycles. The number of para-hydroxylation sites is 1. The van der Waals surface area contributed by atoms with Crippen molar-refractivity contribution >= 4 is 39.3 Å². The molecular weight excluding hydrogens is 462 g/mol. The van der Waals surface area contributed by atoms with E-state index in [1.165, 1.54) is 4.90 Å². The summed E-state index contributed by atoms with van der Waals surface area (Å²) in [4.78, 5) is 46.4. The molecule has 0 saturated carbocycles. The molecule has 0 spiro atoms. The van der Waals surface area contributed by atoms with Crippen LogP contribution in [-0.2, 0) is 13.1 Å². The number of aromatic nitrogens is 1. The normalized spacial score (nSPS) is 12.8. The molecule has 7 nitrogen and oxygen atoms in total. The van der Waals surface area contributed by atoms with E-state index in [0.717, 1.165) is 15.2 Å². The van der Waals surface area contributed by atoms with Crippen LogP contribution in [0.5, 0.6) is 5.75 Å². The Morgan fingerprint density at radius 1 is 1.00 bits per heavy atom. The number of carbonyl (C=O) groups excluding carboxylic acids is 3. The Hall–Kier alpha value is -4.04. The van der Waals surface area contributed by atoms with Gasteiger partial charge in [0.15, 0.2) is 0 Å². The Bertz CT molecular complexity index is 1390. The predicted octanol–water partition coefficient (Wildman–Crippen LogP) is 4.76. The summed E-state index contributed by atoms with van der Waals surface area (Å²) in [6.07, 6.45) is 0. The van der Waals surface area contributed by atoms with Gasteiger partial charge in [0.25, 0.3) is 17.7 Å². The maximum absolute atomic E-state index is 13.4. The number of fused-ring (bicyclic) bond motifs is 2. The molecule has 2 heterocycles. The van der Waals surface area contributed by atoms with Crippen LogP contribution in [0, 0.1) is 0 Å². The van der Waals surface area contributed by atoms with Crippen molar-refractivity contribution in [3.8, 4) is 5.75 Å². The molecule has 0 bridgehead atoms. The number of hydrogen-bond acceptors (Lipinski definition) is 6. The van der Waals surface area contributed by atoms with Gasteiger partial charge in [0.1, 0.15) is 10.8 Å². The lowest BCUT2D eigenvalue weighted by Gasteiger charge is -2.20. The quantitative estimate of drug-likeness (QED) is 0.353. The molecule has 176 valence electrons. The van der Waals surface area contributed by atoms with Gasteiger partial charge >= 0.3 is 0 Å². The van der Waals surface area contributed by atoms with Gasteiger partial charge in [-0.3, -0.25) is 19.3 Å². The summed E-state index contributed by atoms with van der Waals surface area (Å²) in [6, 6.07) is 19.8. The zero-order valence-corrected chi connectivity index (χ0v) is 20.2. The van der Waals surface area contributed by atoms with Crippen molar-refractivity contribution in [2.75, 3.05) is 13.7 Å². The highest BCUT2D eigenvalue weighted by atomic mass is 32.1. The molecule has 0 aliphatic carbocycles. The van der Waals surface area contributed by atoms with E-state index in [1.54, 1.807) is 65.7 Å². The van der Waals surface area contributed by atoms with Crippen molar-refractivity contribution in [2.24, 2.45) is 0 Å². The van der Waals surface area contributed by atoms with Gasteiger partial charge in [0.05, 0.1) is 46.6 Å². The standard InChI is InChI=1S/C27H23N3O4S/c1-3-34-22-13-12-17(15-30-26(32)18-8-4-5-9-19(18)27(30)33)14-20(22)25(31)29(2)16-24-28-21-10-6-7-11-23(21)35-24/h4-14H,3,15-16H2,1-2H3. The van der Waals surface area contributed by atoms with Crippen molar-refractivity contribution < 1.29 is 19.1 Å². The zero-order chi connectivity index (χ0) is 24.5. The maximum Gasteiger partial charge on any atom is 0.261 e. The van der Waals surface area contributed by atoms with Gasteiger partial charge in [0.2, 0.25) is 0 Å². The predicted molar refractivity (Wildman–Crippen MR) is 134 cm³/mol. The number of ether oxygens (including phenoxy) is 1.